The van der Waals surface area contributed by atoms with Crippen molar-refractivity contribution in [1.82, 2.24) is 16.0 Å². The van der Waals surface area contributed by atoms with E-state index in [1.165, 1.54) is 16.9 Å². The zero-order chi connectivity index (χ0) is 47.9. The van der Waals surface area contributed by atoms with Crippen molar-refractivity contribution < 1.29 is 62.3 Å². The van der Waals surface area contributed by atoms with Crippen molar-refractivity contribution in [3.05, 3.63) is 23.8 Å². The quantitative estimate of drug-likeness (QED) is 0.0347. The molecule has 0 radical (unpaired) electrons. The van der Waals surface area contributed by atoms with Crippen molar-refractivity contribution in [2.75, 3.05) is 90.2 Å². The highest BCUT2D eigenvalue weighted by molar-refractivity contribution is 9.09. The predicted octanol–water partition coefficient (Wildman–Crippen LogP) is 5.10. The Morgan fingerprint density at radius 2 is 1.57 bits per heavy atom. The van der Waals surface area contributed by atoms with Gasteiger partial charge >= 0.3 is 12.1 Å². The lowest BCUT2D eigenvalue weighted by atomic mass is 9.45. The first-order valence-electron chi connectivity index (χ1n) is 22.5. The zero-order valence-electron chi connectivity index (χ0n) is 38.6. The molecule has 65 heavy (non-hydrogen) atoms. The van der Waals surface area contributed by atoms with E-state index in [2.05, 4.69) is 31.9 Å². The van der Waals surface area contributed by atoms with Crippen LogP contribution in [0.3, 0.4) is 0 Å². The van der Waals surface area contributed by atoms with Crippen LogP contribution in [0.15, 0.2) is 23.8 Å². The van der Waals surface area contributed by atoms with Crippen molar-refractivity contribution in [2.24, 2.45) is 28.6 Å². The zero-order valence-corrected chi connectivity index (χ0v) is 42.6. The number of Topliss-reactive ketones (excluding diaryl/α,β-unsaturated/α-hetero) is 1. The van der Waals surface area contributed by atoms with Crippen LogP contribution in [0.5, 0.6) is 0 Å². The molecule has 3 amide bonds. The summed E-state index contributed by atoms with van der Waals surface area (Å²) in [5.41, 5.74) is -2.58. The van der Waals surface area contributed by atoms with E-state index < -0.39 is 57.8 Å². The van der Waals surface area contributed by atoms with Crippen molar-refractivity contribution in [1.29, 1.82) is 0 Å². The summed E-state index contributed by atoms with van der Waals surface area (Å²) in [5, 5.41) is 20.6. The lowest BCUT2D eigenvalue weighted by molar-refractivity contribution is -0.202. The van der Waals surface area contributed by atoms with E-state index in [-0.39, 0.29) is 71.9 Å². The summed E-state index contributed by atoms with van der Waals surface area (Å²) in [7, 11) is 3.08. The van der Waals surface area contributed by atoms with Crippen LogP contribution in [0.2, 0.25) is 0 Å². The third-order valence-corrected chi connectivity index (χ3v) is 17.9. The number of carbonyl (C=O) groups excluding carboxylic acids is 6. The first kappa shape index (κ1) is 55.4. The third-order valence-electron chi connectivity index (χ3n) is 13.2. The van der Waals surface area contributed by atoms with Gasteiger partial charge in [-0.05, 0) is 63.5 Å². The van der Waals surface area contributed by atoms with E-state index in [1.54, 1.807) is 23.8 Å². The first-order valence-corrected chi connectivity index (χ1v) is 26.3. The Labute approximate surface area is 404 Å². The number of fused-ring (bicyclic) bond motifs is 5. The molecule has 3 saturated carbocycles. The smallest absolute Gasteiger partial charge is 0.407 e. The molecule has 4 aliphatic rings. The summed E-state index contributed by atoms with van der Waals surface area (Å²) in [6.45, 7) is 15.0. The van der Waals surface area contributed by atoms with E-state index in [4.69, 9.17) is 40.0 Å². The van der Waals surface area contributed by atoms with Crippen LogP contribution >= 0.6 is 49.1 Å². The van der Waals surface area contributed by atoms with Crippen molar-refractivity contribution in [3.63, 3.8) is 0 Å². The molecular weight excluding hydrogens is 970 g/mol. The van der Waals surface area contributed by atoms with E-state index >= 15 is 0 Å². The normalized spacial score (nSPS) is 29.2. The lowest BCUT2D eigenvalue weighted by Gasteiger charge is -2.64. The van der Waals surface area contributed by atoms with Crippen LogP contribution in [0.1, 0.15) is 80.1 Å². The van der Waals surface area contributed by atoms with E-state index in [0.29, 0.717) is 84.4 Å². The molecule has 0 aromatic rings. The maximum atomic E-state index is 14.4. The maximum Gasteiger partial charge on any atom is 0.407 e. The Hall–Kier alpha value is -2.23. The van der Waals surface area contributed by atoms with Gasteiger partial charge in [0, 0.05) is 59.7 Å². The number of aliphatic hydroxyl groups is 1. The summed E-state index contributed by atoms with van der Waals surface area (Å²) in [5.74, 6) is -1.83. The molecule has 0 aliphatic heterocycles. The highest BCUT2D eigenvalue weighted by atomic mass is 79.9. The SMILES string of the molecule is CCC(=O)O[C@]1(C(=O)COC(=O)NCCSSC(C)(C)CNC(=O)CCOCCOCCOCCOCCNC(=O)CBr)[C@@H](C)CC2[C@@H]3CCC4=CC(=O)C=C[C@]4(C)[C@@]3(Cl)[C@@H](O)C[C@@]21C. The molecule has 4 aliphatic carbocycles. The number of aliphatic hydroxyl groups excluding tert-OH is 1. The predicted molar refractivity (Wildman–Crippen MR) is 253 cm³/mol. The van der Waals surface area contributed by atoms with Crippen LogP contribution in [-0.2, 0) is 52.4 Å². The molecule has 20 heteroatoms. The summed E-state index contributed by atoms with van der Waals surface area (Å²) >= 11 is 10.7. The molecule has 0 bridgehead atoms. The number of allylic oxidation sites excluding steroid dienone is 4. The molecule has 0 spiro atoms. The molecule has 0 aromatic heterocycles. The van der Waals surface area contributed by atoms with Gasteiger partial charge in [0.05, 0.1) is 69.2 Å². The third kappa shape index (κ3) is 13.7. The van der Waals surface area contributed by atoms with E-state index in [1.807, 2.05) is 40.7 Å². The van der Waals surface area contributed by atoms with Crippen LogP contribution in [0.4, 0.5) is 4.79 Å². The second-order valence-corrected chi connectivity index (χ2v) is 22.3. The monoisotopic (exact) mass is 1040 g/mol. The van der Waals surface area contributed by atoms with Crippen molar-refractivity contribution in [2.45, 2.75) is 101 Å². The molecule has 0 aromatic carbocycles. The van der Waals surface area contributed by atoms with Crippen LogP contribution in [0.25, 0.3) is 0 Å². The first-order chi connectivity index (χ1) is 30.8. The largest absolute Gasteiger partial charge is 0.450 e. The Bertz CT molecular complexity index is 1740. The highest BCUT2D eigenvalue weighted by Crippen LogP contribution is 2.72. The number of hydrogen-bond donors (Lipinski definition) is 4. The molecule has 3 fully saturated rings. The average molecular weight is 1040 g/mol. The molecule has 1 unspecified atom stereocenters. The number of carbonyl (C=O) groups is 6. The number of rotatable bonds is 28. The molecular formula is C45H69BrClN3O13S2. The molecule has 368 valence electrons. The number of amides is 3. The second-order valence-electron chi connectivity index (χ2n) is 18.0. The van der Waals surface area contributed by atoms with Gasteiger partial charge in [-0.3, -0.25) is 24.0 Å². The fourth-order valence-corrected chi connectivity index (χ4v) is 13.1. The molecule has 0 heterocycles. The van der Waals surface area contributed by atoms with Crippen LogP contribution in [-0.4, -0.2) is 152 Å². The van der Waals surface area contributed by atoms with Gasteiger partial charge in [-0.15, -0.1) is 11.6 Å². The second kappa shape index (κ2) is 25.4. The topological polar surface area (TPSA) is 214 Å². The highest BCUT2D eigenvalue weighted by Gasteiger charge is 2.76. The van der Waals surface area contributed by atoms with Gasteiger partial charge in [0.2, 0.25) is 17.6 Å². The number of ketones is 2. The molecule has 4 rings (SSSR count). The van der Waals surface area contributed by atoms with Gasteiger partial charge in [-0.25, -0.2) is 4.79 Å². The molecule has 16 nitrogen and oxygen atoms in total. The van der Waals surface area contributed by atoms with Gasteiger partial charge in [0.1, 0.15) is 0 Å². The Morgan fingerprint density at radius 1 is 0.923 bits per heavy atom. The minimum Gasteiger partial charge on any atom is -0.450 e. The number of halogens is 2. The molecule has 0 saturated heterocycles. The van der Waals surface area contributed by atoms with Gasteiger partial charge in [0.25, 0.3) is 0 Å². The molecule has 4 N–H and O–H groups in total. The summed E-state index contributed by atoms with van der Waals surface area (Å²) in [4.78, 5) is 75.1. The summed E-state index contributed by atoms with van der Waals surface area (Å²) in [6.07, 6.45) is 5.09. The van der Waals surface area contributed by atoms with Crippen LogP contribution in [0, 0.1) is 28.6 Å². The standard InChI is InChI=1S/C45H69BrClN3O13S2/c1-7-39(56)63-45(30(2)24-34-33-9-8-31-25-32(51)10-12-42(31,5)44(33,47)35(52)26-43(34,45)6)36(53)28-62-40(57)49-14-23-64-65-41(3,4)29-50-37(54)11-15-58-17-19-60-21-22-61-20-18-59-16-13-48-38(55)27-46/h10,12,25,30,33-35,52H,7-9,11,13-24,26-29H2,1-6H3,(H,48,55)(H,49,57)(H,50,54)/t30-,33-,34?,35-,42-,43-,44-,45-/m0/s1. The Balaban J connectivity index is 1.12. The molecule has 8 atom stereocenters. The minimum atomic E-state index is -1.67. The number of alkyl carbamates (subject to hydrolysis) is 1. The average Bonchev–Trinajstić information content (AvgIpc) is 3.48. The lowest BCUT2D eigenvalue weighted by Crippen LogP contribution is -2.69. The number of nitrogens with one attached hydrogen (secondary N) is 3. The van der Waals surface area contributed by atoms with Crippen LogP contribution < -0.4 is 16.0 Å². The van der Waals surface area contributed by atoms with Crippen molar-refractivity contribution >= 4 is 84.6 Å². The fourth-order valence-electron chi connectivity index (χ4n) is 10.0. The van der Waals surface area contributed by atoms with Gasteiger partial charge < -0.3 is 49.5 Å². The maximum absolute atomic E-state index is 14.4. The van der Waals surface area contributed by atoms with Gasteiger partial charge in [-0.1, -0.05) is 76.9 Å². The summed E-state index contributed by atoms with van der Waals surface area (Å²) in [6, 6.07) is 0. The Morgan fingerprint density at radius 3 is 2.22 bits per heavy atom. The van der Waals surface area contributed by atoms with Gasteiger partial charge in [0.15, 0.2) is 18.0 Å². The van der Waals surface area contributed by atoms with Gasteiger partial charge in [-0.2, -0.15) is 0 Å². The van der Waals surface area contributed by atoms with E-state index in [9.17, 15) is 33.9 Å². The number of alkyl halides is 2. The number of esters is 1. The number of ether oxygens (including phenoxy) is 6. The summed E-state index contributed by atoms with van der Waals surface area (Å²) < 4.78 is 33.1. The minimum absolute atomic E-state index is 0.0337. The fraction of sp³-hybridized carbons (Fsp3) is 0.778. The number of hydrogen-bond acceptors (Lipinski definition) is 15. The van der Waals surface area contributed by atoms with Crippen molar-refractivity contribution in [3.8, 4) is 0 Å². The van der Waals surface area contributed by atoms with E-state index in [0.717, 1.165) is 5.57 Å². The Kier molecular flexibility index (Phi) is 21.6.